The molecule has 0 radical (unpaired) electrons. The number of para-hydroxylation sites is 1. The molecular weight excluding hydrogens is 288 g/mol. The van der Waals surface area contributed by atoms with Crippen LogP contribution >= 0.6 is 0 Å². The molecule has 0 aromatic heterocycles. The molecule has 4 heteroatoms. The zero-order valence-corrected chi connectivity index (χ0v) is 13.4. The SMILES string of the molecule is CC(=O)N1CCc2cccc(NC(=O)Cc3ccc(C)cc3)c21. The number of nitrogens with zero attached hydrogens (tertiary/aromatic N) is 1. The van der Waals surface area contributed by atoms with Crippen LogP contribution in [0, 0.1) is 6.92 Å². The molecule has 2 aromatic rings. The summed E-state index contributed by atoms with van der Waals surface area (Å²) in [6.07, 6.45) is 1.15. The van der Waals surface area contributed by atoms with Gasteiger partial charge in [0.15, 0.2) is 0 Å². The zero-order valence-electron chi connectivity index (χ0n) is 13.4. The van der Waals surface area contributed by atoms with Gasteiger partial charge in [0.1, 0.15) is 0 Å². The van der Waals surface area contributed by atoms with Crippen molar-refractivity contribution in [3.8, 4) is 0 Å². The van der Waals surface area contributed by atoms with Crippen LogP contribution in [0.5, 0.6) is 0 Å². The summed E-state index contributed by atoms with van der Waals surface area (Å²) in [6, 6.07) is 13.7. The quantitative estimate of drug-likeness (QED) is 0.947. The number of hydrogen-bond acceptors (Lipinski definition) is 2. The highest BCUT2D eigenvalue weighted by atomic mass is 16.2. The van der Waals surface area contributed by atoms with Gasteiger partial charge in [-0.05, 0) is 30.5 Å². The second kappa shape index (κ2) is 6.24. The standard InChI is InChI=1S/C19H20N2O2/c1-13-6-8-15(9-7-13)12-18(23)20-17-5-3-4-16-10-11-21(14(2)22)19(16)17/h3-9H,10-12H2,1-2H3,(H,20,23). The smallest absolute Gasteiger partial charge is 0.228 e. The molecule has 0 spiro atoms. The van der Waals surface area contributed by atoms with E-state index in [9.17, 15) is 9.59 Å². The predicted molar refractivity (Wildman–Crippen MR) is 91.7 cm³/mol. The Bertz CT molecular complexity index is 750. The van der Waals surface area contributed by atoms with Gasteiger partial charge in [0.25, 0.3) is 0 Å². The Morgan fingerprint density at radius 2 is 1.87 bits per heavy atom. The summed E-state index contributed by atoms with van der Waals surface area (Å²) in [5.41, 5.74) is 4.81. The van der Waals surface area contributed by atoms with Crippen LogP contribution in [0.3, 0.4) is 0 Å². The van der Waals surface area contributed by atoms with Crippen molar-refractivity contribution >= 4 is 23.2 Å². The molecule has 0 unspecified atom stereocenters. The Kier molecular flexibility index (Phi) is 4.15. The molecule has 0 bridgehead atoms. The largest absolute Gasteiger partial charge is 0.324 e. The van der Waals surface area contributed by atoms with Gasteiger partial charge in [-0.1, -0.05) is 42.0 Å². The van der Waals surface area contributed by atoms with E-state index in [1.54, 1.807) is 11.8 Å². The van der Waals surface area contributed by atoms with E-state index < -0.39 is 0 Å². The van der Waals surface area contributed by atoms with Crippen LogP contribution in [-0.4, -0.2) is 18.4 Å². The van der Waals surface area contributed by atoms with E-state index in [2.05, 4.69) is 5.32 Å². The second-order valence-corrected chi connectivity index (χ2v) is 5.94. The topological polar surface area (TPSA) is 49.4 Å². The molecule has 2 amide bonds. The first-order valence-corrected chi connectivity index (χ1v) is 7.80. The fourth-order valence-electron chi connectivity index (χ4n) is 2.96. The summed E-state index contributed by atoms with van der Waals surface area (Å²) >= 11 is 0. The van der Waals surface area contributed by atoms with E-state index in [-0.39, 0.29) is 11.8 Å². The highest BCUT2D eigenvalue weighted by Crippen LogP contribution is 2.35. The van der Waals surface area contributed by atoms with Crippen LogP contribution in [0.2, 0.25) is 0 Å². The number of hydrogen-bond donors (Lipinski definition) is 1. The Hall–Kier alpha value is -2.62. The summed E-state index contributed by atoms with van der Waals surface area (Å²) in [6.45, 7) is 4.25. The van der Waals surface area contributed by atoms with Crippen LogP contribution in [0.4, 0.5) is 11.4 Å². The van der Waals surface area contributed by atoms with Gasteiger partial charge in [-0.15, -0.1) is 0 Å². The molecule has 0 atom stereocenters. The molecule has 118 valence electrons. The molecule has 1 heterocycles. The zero-order chi connectivity index (χ0) is 16.4. The lowest BCUT2D eigenvalue weighted by molar-refractivity contribution is -0.117. The minimum Gasteiger partial charge on any atom is -0.324 e. The van der Waals surface area contributed by atoms with E-state index in [0.717, 1.165) is 23.2 Å². The Balaban J connectivity index is 1.78. The van der Waals surface area contributed by atoms with Crippen molar-refractivity contribution in [2.75, 3.05) is 16.8 Å². The van der Waals surface area contributed by atoms with Gasteiger partial charge >= 0.3 is 0 Å². The van der Waals surface area contributed by atoms with Crippen molar-refractivity contribution in [2.45, 2.75) is 26.7 Å². The van der Waals surface area contributed by atoms with Crippen molar-refractivity contribution in [3.05, 3.63) is 59.2 Å². The van der Waals surface area contributed by atoms with Gasteiger partial charge in [-0.25, -0.2) is 0 Å². The second-order valence-electron chi connectivity index (χ2n) is 5.94. The summed E-state index contributed by atoms with van der Waals surface area (Å²) in [5, 5.41) is 2.96. The number of carbonyl (C=O) groups excluding carboxylic acids is 2. The molecule has 23 heavy (non-hydrogen) atoms. The molecule has 4 nitrogen and oxygen atoms in total. The molecular formula is C19H20N2O2. The fourth-order valence-corrected chi connectivity index (χ4v) is 2.96. The highest BCUT2D eigenvalue weighted by Gasteiger charge is 2.25. The number of fused-ring (bicyclic) bond motifs is 1. The third-order valence-electron chi connectivity index (χ3n) is 4.13. The molecule has 0 aliphatic carbocycles. The van der Waals surface area contributed by atoms with E-state index in [1.807, 2.05) is 49.4 Å². The number of aryl methyl sites for hydroxylation is 1. The van der Waals surface area contributed by atoms with Gasteiger partial charge in [0, 0.05) is 13.5 Å². The van der Waals surface area contributed by atoms with Gasteiger partial charge in [-0.2, -0.15) is 0 Å². The minimum atomic E-state index is -0.0716. The average Bonchev–Trinajstić information content (AvgIpc) is 2.95. The monoisotopic (exact) mass is 308 g/mol. The van der Waals surface area contributed by atoms with Crippen molar-refractivity contribution in [2.24, 2.45) is 0 Å². The minimum absolute atomic E-state index is 0.00369. The van der Waals surface area contributed by atoms with E-state index in [0.29, 0.717) is 18.7 Å². The number of nitrogens with one attached hydrogen (secondary N) is 1. The average molecular weight is 308 g/mol. The molecule has 0 fully saturated rings. The number of amides is 2. The maximum atomic E-state index is 12.3. The van der Waals surface area contributed by atoms with Crippen molar-refractivity contribution < 1.29 is 9.59 Å². The lowest BCUT2D eigenvalue weighted by atomic mass is 10.1. The third-order valence-corrected chi connectivity index (χ3v) is 4.13. The van der Waals surface area contributed by atoms with Crippen molar-refractivity contribution in [1.82, 2.24) is 0 Å². The molecule has 2 aromatic carbocycles. The summed E-state index contributed by atoms with van der Waals surface area (Å²) in [5.74, 6) is -0.0679. The third kappa shape index (κ3) is 3.26. The van der Waals surface area contributed by atoms with Crippen LogP contribution in [0.25, 0.3) is 0 Å². The van der Waals surface area contributed by atoms with Crippen LogP contribution in [0.15, 0.2) is 42.5 Å². The summed E-state index contributed by atoms with van der Waals surface area (Å²) in [4.78, 5) is 25.8. The van der Waals surface area contributed by atoms with Crippen molar-refractivity contribution in [3.63, 3.8) is 0 Å². The first-order valence-electron chi connectivity index (χ1n) is 7.80. The summed E-state index contributed by atoms with van der Waals surface area (Å²) < 4.78 is 0. The summed E-state index contributed by atoms with van der Waals surface area (Å²) in [7, 11) is 0. The maximum absolute atomic E-state index is 12.3. The number of benzene rings is 2. The molecule has 0 saturated carbocycles. The van der Waals surface area contributed by atoms with Crippen molar-refractivity contribution in [1.29, 1.82) is 0 Å². The predicted octanol–water partition coefficient (Wildman–Crippen LogP) is 3.09. The fraction of sp³-hybridized carbons (Fsp3) is 0.263. The molecule has 1 N–H and O–H groups in total. The first-order chi connectivity index (χ1) is 11.0. The molecule has 0 saturated heterocycles. The Morgan fingerprint density at radius 3 is 2.57 bits per heavy atom. The molecule has 1 aliphatic rings. The number of anilines is 2. The van der Waals surface area contributed by atoms with E-state index >= 15 is 0 Å². The van der Waals surface area contributed by atoms with Gasteiger partial charge in [-0.3, -0.25) is 9.59 Å². The number of carbonyl (C=O) groups is 2. The van der Waals surface area contributed by atoms with Crippen LogP contribution in [-0.2, 0) is 22.4 Å². The highest BCUT2D eigenvalue weighted by molar-refractivity contribution is 6.02. The normalized spacial score (nSPS) is 12.9. The molecule has 3 rings (SSSR count). The molecule has 1 aliphatic heterocycles. The Labute approximate surface area is 136 Å². The van der Waals surface area contributed by atoms with Crippen LogP contribution in [0.1, 0.15) is 23.6 Å². The van der Waals surface area contributed by atoms with E-state index in [4.69, 9.17) is 0 Å². The van der Waals surface area contributed by atoms with E-state index in [1.165, 1.54) is 5.56 Å². The van der Waals surface area contributed by atoms with Crippen LogP contribution < -0.4 is 10.2 Å². The van der Waals surface area contributed by atoms with Gasteiger partial charge in [0.05, 0.1) is 17.8 Å². The maximum Gasteiger partial charge on any atom is 0.228 e. The first kappa shape index (κ1) is 15.3. The van der Waals surface area contributed by atoms with Gasteiger partial charge in [0.2, 0.25) is 11.8 Å². The Morgan fingerprint density at radius 1 is 1.13 bits per heavy atom. The number of rotatable bonds is 3. The lowest BCUT2D eigenvalue weighted by Crippen LogP contribution is -2.27. The van der Waals surface area contributed by atoms with Gasteiger partial charge < -0.3 is 10.2 Å². The lowest BCUT2D eigenvalue weighted by Gasteiger charge is -2.19.